The molecule has 6 nitrogen and oxygen atoms in total. The summed E-state index contributed by atoms with van der Waals surface area (Å²) in [5, 5.41) is 3.19. The molecule has 0 atom stereocenters. The number of hydrogen-bond acceptors (Lipinski definition) is 6. The summed E-state index contributed by atoms with van der Waals surface area (Å²) in [5.41, 5.74) is 1.67. The number of pyridine rings is 1. The average Bonchev–Trinajstić information content (AvgIpc) is 2.35. The van der Waals surface area contributed by atoms with Gasteiger partial charge in [-0.3, -0.25) is 4.98 Å². The van der Waals surface area contributed by atoms with Crippen LogP contribution in [0.25, 0.3) is 0 Å². The van der Waals surface area contributed by atoms with Gasteiger partial charge in [-0.05, 0) is 19.1 Å². The number of aromatic nitrogens is 1. The molecule has 1 N–H and O–H groups in total. The molecular formula is C13H22N2O4S. The molecule has 0 radical (unpaired) electrons. The first-order valence-electron chi connectivity index (χ1n) is 6.39. The van der Waals surface area contributed by atoms with Gasteiger partial charge in [0.05, 0.1) is 18.1 Å². The van der Waals surface area contributed by atoms with Gasteiger partial charge in [-0.2, -0.15) is 0 Å². The molecule has 1 heterocycles. The second-order valence-corrected chi connectivity index (χ2v) is 6.81. The molecule has 1 rings (SSSR count). The number of hydrogen-bond donors (Lipinski definition) is 1. The first kappa shape index (κ1) is 16.9. The maximum atomic E-state index is 11.1. The van der Waals surface area contributed by atoms with Crippen molar-refractivity contribution in [2.75, 3.05) is 38.9 Å². The topological polar surface area (TPSA) is 77.5 Å². The van der Waals surface area contributed by atoms with E-state index in [0.717, 1.165) is 17.9 Å². The molecule has 0 fully saturated rings. The molecule has 0 saturated heterocycles. The normalized spacial score (nSPS) is 11.6. The summed E-state index contributed by atoms with van der Waals surface area (Å²) < 4.78 is 32.6. The third kappa shape index (κ3) is 6.83. The van der Waals surface area contributed by atoms with Gasteiger partial charge in [0.15, 0.2) is 9.84 Å². The zero-order valence-electron chi connectivity index (χ0n) is 12.2. The summed E-state index contributed by atoms with van der Waals surface area (Å²) in [4.78, 5) is 4.41. The minimum absolute atomic E-state index is 0.00256. The summed E-state index contributed by atoms with van der Waals surface area (Å²) in [6, 6.07) is 3.66. The molecule has 0 spiro atoms. The Morgan fingerprint density at radius 1 is 1.30 bits per heavy atom. The molecule has 0 aliphatic rings. The quantitative estimate of drug-likeness (QED) is 0.671. The monoisotopic (exact) mass is 302 g/mol. The van der Waals surface area contributed by atoms with Gasteiger partial charge in [-0.15, -0.1) is 0 Å². The van der Waals surface area contributed by atoms with Crippen LogP contribution in [0.2, 0.25) is 0 Å². The van der Waals surface area contributed by atoms with Gasteiger partial charge >= 0.3 is 0 Å². The van der Waals surface area contributed by atoms with Crippen molar-refractivity contribution < 1.29 is 17.9 Å². The van der Waals surface area contributed by atoms with Gasteiger partial charge in [0.1, 0.15) is 12.4 Å². The van der Waals surface area contributed by atoms with E-state index in [1.807, 2.05) is 19.1 Å². The Bertz CT molecular complexity index is 517. The Balaban J connectivity index is 2.60. The van der Waals surface area contributed by atoms with Crippen LogP contribution in [0.5, 0.6) is 5.75 Å². The van der Waals surface area contributed by atoms with Crippen molar-refractivity contribution in [3.8, 4) is 5.75 Å². The molecule has 114 valence electrons. The Labute approximate surface area is 120 Å². The van der Waals surface area contributed by atoms with Gasteiger partial charge in [-0.1, -0.05) is 0 Å². The van der Waals surface area contributed by atoms with E-state index in [0.29, 0.717) is 18.9 Å². The predicted octanol–water partition coefficient (Wildman–Crippen LogP) is 0.549. The Morgan fingerprint density at radius 3 is 2.70 bits per heavy atom. The molecule has 20 heavy (non-hydrogen) atoms. The van der Waals surface area contributed by atoms with Crippen molar-refractivity contribution in [3.05, 3.63) is 23.5 Å². The number of methoxy groups -OCH3 is 1. The van der Waals surface area contributed by atoms with Gasteiger partial charge in [-0.25, -0.2) is 8.42 Å². The first-order valence-corrected chi connectivity index (χ1v) is 8.45. The van der Waals surface area contributed by atoms with Gasteiger partial charge in [0, 0.05) is 32.1 Å². The molecule has 0 bridgehead atoms. The lowest BCUT2D eigenvalue weighted by Crippen LogP contribution is -2.20. The lowest BCUT2D eigenvalue weighted by molar-refractivity contribution is 0.199. The molecule has 0 aliphatic heterocycles. The highest BCUT2D eigenvalue weighted by Crippen LogP contribution is 2.16. The van der Waals surface area contributed by atoms with Crippen molar-refractivity contribution in [1.29, 1.82) is 0 Å². The highest BCUT2D eigenvalue weighted by atomic mass is 32.2. The highest BCUT2D eigenvalue weighted by molar-refractivity contribution is 7.90. The van der Waals surface area contributed by atoms with Crippen LogP contribution in [0.4, 0.5) is 0 Å². The van der Waals surface area contributed by atoms with Gasteiger partial charge in [0.2, 0.25) is 0 Å². The highest BCUT2D eigenvalue weighted by Gasteiger charge is 2.08. The molecule has 1 aromatic heterocycles. The van der Waals surface area contributed by atoms with Gasteiger partial charge in [0.25, 0.3) is 0 Å². The van der Waals surface area contributed by atoms with E-state index in [4.69, 9.17) is 9.47 Å². The third-order valence-corrected chi connectivity index (χ3v) is 3.47. The number of nitrogens with zero attached hydrogens (tertiary/aromatic N) is 1. The van der Waals surface area contributed by atoms with Crippen molar-refractivity contribution in [1.82, 2.24) is 10.3 Å². The number of ether oxygens (including phenoxy) is 2. The third-order valence-electron chi connectivity index (χ3n) is 2.56. The van der Waals surface area contributed by atoms with E-state index >= 15 is 0 Å². The van der Waals surface area contributed by atoms with Crippen LogP contribution >= 0.6 is 0 Å². The van der Waals surface area contributed by atoms with E-state index in [1.54, 1.807) is 7.11 Å². The molecule has 0 saturated carbocycles. The molecular weight excluding hydrogens is 280 g/mol. The van der Waals surface area contributed by atoms with Crippen LogP contribution < -0.4 is 10.1 Å². The van der Waals surface area contributed by atoms with Crippen LogP contribution in [0, 0.1) is 6.92 Å². The van der Waals surface area contributed by atoms with E-state index in [9.17, 15) is 8.42 Å². The Hall–Kier alpha value is -1.18. The molecule has 0 unspecified atom stereocenters. The summed E-state index contributed by atoms with van der Waals surface area (Å²) in [5.74, 6) is 0.612. The van der Waals surface area contributed by atoms with Crippen LogP contribution in [-0.2, 0) is 21.1 Å². The summed E-state index contributed by atoms with van der Waals surface area (Å²) in [6.45, 7) is 3.93. The molecule has 7 heteroatoms. The SMILES string of the molecule is COCCNCc1nc(C)ccc1OCCS(C)(=O)=O. The van der Waals surface area contributed by atoms with E-state index in [2.05, 4.69) is 10.3 Å². The van der Waals surface area contributed by atoms with Crippen molar-refractivity contribution >= 4 is 9.84 Å². The molecule has 0 amide bonds. The lowest BCUT2D eigenvalue weighted by atomic mass is 10.3. The van der Waals surface area contributed by atoms with E-state index < -0.39 is 9.84 Å². The molecule has 0 aliphatic carbocycles. The van der Waals surface area contributed by atoms with Crippen molar-refractivity contribution in [2.24, 2.45) is 0 Å². The van der Waals surface area contributed by atoms with Crippen LogP contribution in [-0.4, -0.2) is 52.3 Å². The van der Waals surface area contributed by atoms with Crippen LogP contribution in [0.1, 0.15) is 11.4 Å². The largest absolute Gasteiger partial charge is 0.491 e. The summed E-state index contributed by atoms with van der Waals surface area (Å²) in [7, 11) is -1.37. The minimum atomic E-state index is -3.02. The van der Waals surface area contributed by atoms with Crippen LogP contribution in [0.3, 0.4) is 0 Å². The summed E-state index contributed by atoms with van der Waals surface area (Å²) >= 11 is 0. The smallest absolute Gasteiger partial charge is 0.150 e. The average molecular weight is 302 g/mol. The van der Waals surface area contributed by atoms with Crippen molar-refractivity contribution in [2.45, 2.75) is 13.5 Å². The van der Waals surface area contributed by atoms with E-state index in [1.165, 1.54) is 6.26 Å². The second-order valence-electron chi connectivity index (χ2n) is 4.55. The molecule has 0 aromatic carbocycles. The first-order chi connectivity index (χ1) is 9.42. The molecule has 1 aromatic rings. The predicted molar refractivity (Wildman–Crippen MR) is 77.8 cm³/mol. The maximum absolute atomic E-state index is 11.1. The number of rotatable bonds is 9. The minimum Gasteiger partial charge on any atom is -0.491 e. The number of aryl methyl sites for hydroxylation is 1. The zero-order chi connectivity index (χ0) is 15.0. The fourth-order valence-electron chi connectivity index (χ4n) is 1.54. The Kier molecular flexibility index (Phi) is 6.90. The van der Waals surface area contributed by atoms with Crippen molar-refractivity contribution in [3.63, 3.8) is 0 Å². The number of nitrogens with one attached hydrogen (secondary N) is 1. The Morgan fingerprint density at radius 2 is 2.05 bits per heavy atom. The maximum Gasteiger partial charge on any atom is 0.150 e. The van der Waals surface area contributed by atoms with E-state index in [-0.39, 0.29) is 12.4 Å². The fourth-order valence-corrected chi connectivity index (χ4v) is 1.93. The fraction of sp³-hybridized carbons (Fsp3) is 0.615. The van der Waals surface area contributed by atoms with Crippen LogP contribution in [0.15, 0.2) is 12.1 Å². The summed E-state index contributed by atoms with van der Waals surface area (Å²) in [6.07, 6.45) is 1.19. The second kappa shape index (κ2) is 8.18. The zero-order valence-corrected chi connectivity index (χ0v) is 13.0. The standard InChI is InChI=1S/C13H22N2O4S/c1-11-4-5-13(19-8-9-20(3,16)17)12(15-11)10-14-6-7-18-2/h4-5,14H,6-10H2,1-3H3. The number of sulfone groups is 1. The van der Waals surface area contributed by atoms with Gasteiger partial charge < -0.3 is 14.8 Å². The lowest BCUT2D eigenvalue weighted by Gasteiger charge is -2.12.